The van der Waals surface area contributed by atoms with E-state index in [1.54, 1.807) is 45.2 Å². The third kappa shape index (κ3) is 3.12. The van der Waals surface area contributed by atoms with Crippen molar-refractivity contribution < 1.29 is 14.3 Å². The highest BCUT2D eigenvalue weighted by molar-refractivity contribution is 5.79. The Bertz CT molecular complexity index is 1200. The molecule has 0 bridgehead atoms. The monoisotopic (exact) mass is 398 g/mol. The highest BCUT2D eigenvalue weighted by atomic mass is 16.5. The average molecular weight is 398 g/mol. The number of ether oxygens (including phenoxy) is 2. The Balaban J connectivity index is 2.02. The Labute approximate surface area is 166 Å². The minimum atomic E-state index is -0.753. The number of carbonyl (C=O) groups excluding carboxylic acids is 1. The lowest BCUT2D eigenvalue weighted by Gasteiger charge is -2.15. The minimum Gasteiger partial charge on any atom is -0.497 e. The molecular formula is C20H22N4O5. The van der Waals surface area contributed by atoms with Crippen LogP contribution in [0.2, 0.25) is 0 Å². The van der Waals surface area contributed by atoms with Crippen molar-refractivity contribution in [2.75, 3.05) is 13.7 Å². The van der Waals surface area contributed by atoms with Gasteiger partial charge in [0.25, 0.3) is 5.56 Å². The number of aromatic nitrogens is 4. The fraction of sp³-hybridized carbons (Fsp3) is 0.400. The van der Waals surface area contributed by atoms with Crippen molar-refractivity contribution in [3.63, 3.8) is 0 Å². The summed E-state index contributed by atoms with van der Waals surface area (Å²) in [5.74, 6) is 0.106. The number of imidazole rings is 1. The van der Waals surface area contributed by atoms with Crippen LogP contribution in [-0.2, 0) is 9.53 Å². The highest BCUT2D eigenvalue weighted by Crippen LogP contribution is 2.33. The topological polar surface area (TPSA) is 97.4 Å². The maximum absolute atomic E-state index is 13.2. The molecule has 0 aliphatic heterocycles. The van der Waals surface area contributed by atoms with E-state index in [0.29, 0.717) is 11.4 Å². The smallest absolute Gasteiger partial charge is 0.337 e. The number of esters is 1. The molecule has 1 aliphatic carbocycles. The molecule has 2 aromatic heterocycles. The molecule has 0 N–H and O–H groups in total. The zero-order chi connectivity index (χ0) is 20.7. The number of benzene rings is 1. The van der Waals surface area contributed by atoms with Crippen LogP contribution in [0.3, 0.4) is 0 Å². The quantitative estimate of drug-likeness (QED) is 0.588. The highest BCUT2D eigenvalue weighted by Gasteiger charge is 2.31. The van der Waals surface area contributed by atoms with Gasteiger partial charge >= 0.3 is 11.7 Å². The van der Waals surface area contributed by atoms with Gasteiger partial charge in [-0.15, -0.1) is 0 Å². The van der Waals surface area contributed by atoms with Crippen molar-refractivity contribution in [3.8, 4) is 11.4 Å². The molecule has 3 aromatic rings. The molecule has 9 nitrogen and oxygen atoms in total. The Morgan fingerprint density at radius 1 is 1.31 bits per heavy atom. The molecule has 4 rings (SSSR count). The molecule has 0 radical (unpaired) electrons. The van der Waals surface area contributed by atoms with Crippen LogP contribution < -0.4 is 16.0 Å². The zero-order valence-corrected chi connectivity index (χ0v) is 16.5. The van der Waals surface area contributed by atoms with Crippen molar-refractivity contribution in [1.82, 2.24) is 18.7 Å². The third-order valence-electron chi connectivity index (χ3n) is 5.07. The molecule has 152 valence electrons. The lowest BCUT2D eigenvalue weighted by molar-refractivity contribution is -0.146. The van der Waals surface area contributed by atoms with Gasteiger partial charge in [-0.1, -0.05) is 6.07 Å². The molecule has 29 heavy (non-hydrogen) atoms. The van der Waals surface area contributed by atoms with E-state index in [1.807, 2.05) is 0 Å². The average Bonchev–Trinajstić information content (AvgIpc) is 3.45. The molecule has 0 spiro atoms. The van der Waals surface area contributed by atoms with Gasteiger partial charge in [0, 0.05) is 12.1 Å². The zero-order valence-electron chi connectivity index (χ0n) is 16.5. The van der Waals surface area contributed by atoms with E-state index >= 15 is 0 Å². The molecule has 0 unspecified atom stereocenters. The predicted octanol–water partition coefficient (Wildman–Crippen LogP) is 1.82. The number of fused-ring (bicyclic) bond motifs is 1. The first-order valence-electron chi connectivity index (χ1n) is 9.53. The molecule has 1 saturated carbocycles. The van der Waals surface area contributed by atoms with Crippen molar-refractivity contribution in [3.05, 3.63) is 51.4 Å². The van der Waals surface area contributed by atoms with Gasteiger partial charge in [-0.2, -0.15) is 0 Å². The predicted molar refractivity (Wildman–Crippen MR) is 106 cm³/mol. The van der Waals surface area contributed by atoms with Gasteiger partial charge in [-0.05, 0) is 38.8 Å². The van der Waals surface area contributed by atoms with E-state index in [0.717, 1.165) is 12.8 Å². The van der Waals surface area contributed by atoms with Crippen molar-refractivity contribution in [2.45, 2.75) is 38.8 Å². The Hall–Kier alpha value is -3.36. The van der Waals surface area contributed by atoms with E-state index in [1.165, 1.54) is 20.0 Å². The maximum atomic E-state index is 13.2. The van der Waals surface area contributed by atoms with Crippen LogP contribution in [-0.4, -0.2) is 38.4 Å². The van der Waals surface area contributed by atoms with Crippen molar-refractivity contribution in [2.24, 2.45) is 0 Å². The largest absolute Gasteiger partial charge is 0.497 e. The second-order valence-corrected chi connectivity index (χ2v) is 6.98. The standard InChI is InChI=1S/C20H22N4O5/c1-4-29-19(26)12(2)22-11-21-17-16(22)18(25)24(13-8-9-13)20(27)23(17)14-6-5-7-15(10-14)28-3/h5-7,10-13H,4,8-9H2,1-3H3/t12-/m1/s1. The first-order valence-corrected chi connectivity index (χ1v) is 9.53. The molecular weight excluding hydrogens is 376 g/mol. The second kappa shape index (κ2) is 7.23. The third-order valence-corrected chi connectivity index (χ3v) is 5.07. The van der Waals surface area contributed by atoms with Crippen LogP contribution in [0, 0.1) is 0 Å². The number of rotatable bonds is 6. The van der Waals surface area contributed by atoms with Gasteiger partial charge in [0.1, 0.15) is 11.8 Å². The molecule has 0 amide bonds. The van der Waals surface area contributed by atoms with Crippen LogP contribution in [0.15, 0.2) is 40.2 Å². The minimum absolute atomic E-state index is 0.141. The molecule has 0 saturated heterocycles. The van der Waals surface area contributed by atoms with Crippen molar-refractivity contribution in [1.29, 1.82) is 0 Å². The van der Waals surface area contributed by atoms with E-state index in [4.69, 9.17) is 9.47 Å². The number of carbonyl (C=O) groups is 1. The molecule has 1 fully saturated rings. The number of methoxy groups -OCH3 is 1. The van der Waals surface area contributed by atoms with Crippen LogP contribution in [0.1, 0.15) is 38.8 Å². The fourth-order valence-corrected chi connectivity index (χ4v) is 3.43. The maximum Gasteiger partial charge on any atom is 0.337 e. The number of hydrogen-bond donors (Lipinski definition) is 0. The summed E-state index contributed by atoms with van der Waals surface area (Å²) >= 11 is 0. The van der Waals surface area contributed by atoms with Gasteiger partial charge in [0.2, 0.25) is 0 Å². The SMILES string of the molecule is CCOC(=O)[C@@H](C)n1cnc2c1c(=O)n(C1CC1)c(=O)n2-c1cccc(OC)c1. The summed E-state index contributed by atoms with van der Waals surface area (Å²) in [7, 11) is 1.54. The van der Waals surface area contributed by atoms with E-state index in [9.17, 15) is 14.4 Å². The number of hydrogen-bond acceptors (Lipinski definition) is 6. The molecule has 9 heteroatoms. The first kappa shape index (κ1) is 19.0. The van der Waals surface area contributed by atoms with Gasteiger partial charge < -0.3 is 14.0 Å². The summed E-state index contributed by atoms with van der Waals surface area (Å²) in [4.78, 5) is 43.1. The summed E-state index contributed by atoms with van der Waals surface area (Å²) in [6.07, 6.45) is 2.93. The molecule has 2 heterocycles. The molecule has 1 aromatic carbocycles. The van der Waals surface area contributed by atoms with Crippen LogP contribution in [0.5, 0.6) is 5.75 Å². The van der Waals surface area contributed by atoms with Crippen LogP contribution in [0.4, 0.5) is 0 Å². The Morgan fingerprint density at radius 3 is 2.72 bits per heavy atom. The summed E-state index contributed by atoms with van der Waals surface area (Å²) in [6.45, 7) is 3.59. The molecule has 1 aliphatic rings. The summed E-state index contributed by atoms with van der Waals surface area (Å²) < 4.78 is 14.5. The summed E-state index contributed by atoms with van der Waals surface area (Å²) in [5, 5.41) is 0. The second-order valence-electron chi connectivity index (χ2n) is 6.98. The Kier molecular flexibility index (Phi) is 4.73. The van der Waals surface area contributed by atoms with E-state index in [2.05, 4.69) is 4.98 Å². The molecule has 1 atom stereocenters. The summed E-state index contributed by atoms with van der Waals surface area (Å²) in [5.41, 5.74) is 0.0246. The lowest BCUT2D eigenvalue weighted by atomic mass is 10.3. The van der Waals surface area contributed by atoms with Gasteiger partial charge in [0.05, 0.1) is 25.7 Å². The van der Waals surface area contributed by atoms with Crippen LogP contribution in [0.25, 0.3) is 16.9 Å². The van der Waals surface area contributed by atoms with Gasteiger partial charge in [-0.3, -0.25) is 9.36 Å². The van der Waals surface area contributed by atoms with Crippen LogP contribution >= 0.6 is 0 Å². The normalized spacial score (nSPS) is 14.7. The Morgan fingerprint density at radius 2 is 2.07 bits per heavy atom. The number of nitrogens with zero attached hydrogens (tertiary/aromatic N) is 4. The van der Waals surface area contributed by atoms with Gasteiger partial charge in [-0.25, -0.2) is 19.1 Å². The van der Waals surface area contributed by atoms with E-state index in [-0.39, 0.29) is 23.8 Å². The first-order chi connectivity index (χ1) is 14.0. The van der Waals surface area contributed by atoms with Crippen molar-refractivity contribution >= 4 is 17.1 Å². The van der Waals surface area contributed by atoms with E-state index < -0.39 is 23.3 Å². The fourth-order valence-electron chi connectivity index (χ4n) is 3.43. The summed E-state index contributed by atoms with van der Waals surface area (Å²) in [6, 6.07) is 6.09. The lowest BCUT2D eigenvalue weighted by Crippen LogP contribution is -2.40. The van der Waals surface area contributed by atoms with Gasteiger partial charge in [0.15, 0.2) is 11.2 Å².